The van der Waals surface area contributed by atoms with Gasteiger partial charge in [-0.2, -0.15) is 0 Å². The van der Waals surface area contributed by atoms with Crippen LogP contribution in [-0.4, -0.2) is 81.7 Å². The molecule has 1 aromatic carbocycles. The summed E-state index contributed by atoms with van der Waals surface area (Å²) in [6, 6.07) is 11.1. The van der Waals surface area contributed by atoms with Crippen molar-refractivity contribution in [3.8, 4) is 0 Å². The number of anilines is 2. The molecule has 5 rings (SSSR count). The fourth-order valence-electron chi connectivity index (χ4n) is 5.50. The van der Waals surface area contributed by atoms with Crippen LogP contribution in [0.15, 0.2) is 36.7 Å². The minimum atomic E-state index is -0.411. The van der Waals surface area contributed by atoms with E-state index in [1.807, 2.05) is 11.0 Å². The number of aromatic nitrogens is 2. The Hall–Kier alpha value is -2.71. The molecular formula is C25H34N6O2. The van der Waals surface area contributed by atoms with Crippen LogP contribution in [0.2, 0.25) is 0 Å². The van der Waals surface area contributed by atoms with E-state index < -0.39 is 6.10 Å². The summed E-state index contributed by atoms with van der Waals surface area (Å²) in [5, 5.41) is 14.5. The van der Waals surface area contributed by atoms with E-state index >= 15 is 0 Å². The summed E-state index contributed by atoms with van der Waals surface area (Å²) in [6.07, 6.45) is 4.99. The molecule has 3 aliphatic rings. The third kappa shape index (κ3) is 4.96. The first-order valence-electron chi connectivity index (χ1n) is 12.1. The highest BCUT2D eigenvalue weighted by Gasteiger charge is 2.34. The molecule has 8 heteroatoms. The summed E-state index contributed by atoms with van der Waals surface area (Å²) < 4.78 is 0. The molecular weight excluding hydrogens is 416 g/mol. The van der Waals surface area contributed by atoms with Gasteiger partial charge in [0.25, 0.3) is 0 Å². The number of piperidine rings is 2. The molecule has 4 heterocycles. The van der Waals surface area contributed by atoms with E-state index in [9.17, 15) is 9.90 Å². The van der Waals surface area contributed by atoms with Gasteiger partial charge in [-0.05, 0) is 36.8 Å². The van der Waals surface area contributed by atoms with Gasteiger partial charge in [-0.1, -0.05) is 24.3 Å². The summed E-state index contributed by atoms with van der Waals surface area (Å²) in [6.45, 7) is 6.57. The van der Waals surface area contributed by atoms with Crippen molar-refractivity contribution in [1.29, 1.82) is 0 Å². The molecule has 0 unspecified atom stereocenters. The minimum Gasteiger partial charge on any atom is -0.390 e. The molecule has 33 heavy (non-hydrogen) atoms. The Balaban J connectivity index is 1.18. The van der Waals surface area contributed by atoms with Crippen molar-refractivity contribution in [2.24, 2.45) is 0 Å². The van der Waals surface area contributed by atoms with Crippen molar-refractivity contribution in [3.63, 3.8) is 0 Å². The van der Waals surface area contributed by atoms with Gasteiger partial charge in [0.05, 0.1) is 6.10 Å². The zero-order valence-electron chi connectivity index (χ0n) is 19.4. The maximum Gasteiger partial charge on any atom is 0.219 e. The molecule has 2 atom stereocenters. The van der Waals surface area contributed by atoms with Gasteiger partial charge in [0, 0.05) is 64.3 Å². The van der Waals surface area contributed by atoms with Gasteiger partial charge in [-0.15, -0.1) is 0 Å². The van der Waals surface area contributed by atoms with Crippen molar-refractivity contribution in [2.45, 2.75) is 57.3 Å². The van der Waals surface area contributed by atoms with Gasteiger partial charge in [-0.3, -0.25) is 9.69 Å². The molecule has 2 fully saturated rings. The van der Waals surface area contributed by atoms with Crippen molar-refractivity contribution in [3.05, 3.63) is 47.8 Å². The Bertz CT molecular complexity index is 977. The van der Waals surface area contributed by atoms with E-state index in [-0.39, 0.29) is 11.9 Å². The van der Waals surface area contributed by atoms with E-state index in [2.05, 4.69) is 49.4 Å². The highest BCUT2D eigenvalue weighted by molar-refractivity contribution is 5.73. The van der Waals surface area contributed by atoms with Gasteiger partial charge >= 0.3 is 0 Å². The van der Waals surface area contributed by atoms with Crippen LogP contribution in [0.25, 0.3) is 0 Å². The Morgan fingerprint density at radius 2 is 1.85 bits per heavy atom. The van der Waals surface area contributed by atoms with Gasteiger partial charge in [0.1, 0.15) is 18.0 Å². The van der Waals surface area contributed by atoms with Crippen LogP contribution < -0.4 is 10.2 Å². The van der Waals surface area contributed by atoms with E-state index in [1.54, 1.807) is 13.3 Å². The summed E-state index contributed by atoms with van der Waals surface area (Å²) in [4.78, 5) is 27.0. The number of benzene rings is 1. The maximum absolute atomic E-state index is 11.5. The van der Waals surface area contributed by atoms with Crippen LogP contribution in [0.1, 0.15) is 37.3 Å². The summed E-state index contributed by atoms with van der Waals surface area (Å²) >= 11 is 0. The number of β-amino-alcohol motifs (C(OH)–C–C–N with tert-alkyl or cyclic N) is 1. The number of nitrogens with zero attached hydrogens (tertiary/aromatic N) is 5. The molecule has 176 valence electrons. The number of hydrogen-bond donors (Lipinski definition) is 2. The van der Waals surface area contributed by atoms with Gasteiger partial charge in [0.15, 0.2) is 0 Å². The van der Waals surface area contributed by atoms with Crippen LogP contribution in [0.4, 0.5) is 11.6 Å². The molecule has 0 spiro atoms. The molecule has 1 amide bonds. The third-order valence-electron chi connectivity index (χ3n) is 7.44. The second-order valence-electron chi connectivity index (χ2n) is 9.54. The normalized spacial score (nSPS) is 24.4. The molecule has 8 nitrogen and oxygen atoms in total. The lowest BCUT2D eigenvalue weighted by Crippen LogP contribution is -2.55. The number of rotatable bonds is 4. The Morgan fingerprint density at radius 1 is 1.06 bits per heavy atom. The number of likely N-dealkylation sites (tertiary alicyclic amines) is 1. The molecule has 1 aromatic heterocycles. The largest absolute Gasteiger partial charge is 0.390 e. The van der Waals surface area contributed by atoms with E-state index in [1.165, 1.54) is 11.1 Å². The Kier molecular flexibility index (Phi) is 6.46. The quantitative estimate of drug-likeness (QED) is 0.736. The number of aliphatic hydroxyl groups excluding tert-OH is 1. The van der Waals surface area contributed by atoms with Gasteiger partial charge in [0.2, 0.25) is 5.91 Å². The first-order chi connectivity index (χ1) is 16.1. The zero-order chi connectivity index (χ0) is 22.8. The fourth-order valence-corrected chi connectivity index (χ4v) is 5.50. The fraction of sp³-hybridized carbons (Fsp3) is 0.560. The van der Waals surface area contributed by atoms with Crippen LogP contribution in [0.5, 0.6) is 0 Å². The molecule has 0 saturated carbocycles. The first-order valence-corrected chi connectivity index (χ1v) is 12.1. The predicted octanol–water partition coefficient (Wildman–Crippen LogP) is 1.90. The topological polar surface area (TPSA) is 84.8 Å². The maximum atomic E-state index is 11.5. The SMILES string of the molecule is CC(=O)N1CCC(Nc2cc(N3CC[C@H](N4CCc5ccccc5C4)[C@@H](O)C3)ncn2)CC1. The molecule has 2 N–H and O–H groups in total. The summed E-state index contributed by atoms with van der Waals surface area (Å²) in [5.41, 5.74) is 2.83. The molecule has 2 aromatic rings. The Labute approximate surface area is 195 Å². The predicted molar refractivity (Wildman–Crippen MR) is 128 cm³/mol. The van der Waals surface area contributed by atoms with Gasteiger partial charge < -0.3 is 20.2 Å². The standard InChI is InChI=1S/C25H34N6O2/c1-18(32)29-11-7-21(8-12-29)28-24-14-25(27-17-26-24)31-13-9-22(23(33)16-31)30-10-6-19-4-2-3-5-20(19)15-30/h2-5,14,17,21-23,33H,6-13,15-16H2,1H3,(H,26,27,28)/t22-,23-/m0/s1. The lowest BCUT2D eigenvalue weighted by molar-refractivity contribution is -0.129. The molecule has 0 bridgehead atoms. The Morgan fingerprint density at radius 3 is 2.61 bits per heavy atom. The van der Waals surface area contributed by atoms with Crippen LogP contribution in [0.3, 0.4) is 0 Å². The van der Waals surface area contributed by atoms with Crippen molar-refractivity contribution < 1.29 is 9.90 Å². The first kappa shape index (κ1) is 22.1. The molecule has 0 radical (unpaired) electrons. The van der Waals surface area contributed by atoms with Gasteiger partial charge in [-0.25, -0.2) is 9.97 Å². The molecule has 3 aliphatic heterocycles. The van der Waals surface area contributed by atoms with Crippen LogP contribution in [-0.2, 0) is 17.8 Å². The average molecular weight is 451 g/mol. The summed E-state index contributed by atoms with van der Waals surface area (Å²) in [7, 11) is 0. The molecule has 2 saturated heterocycles. The zero-order valence-corrected chi connectivity index (χ0v) is 19.4. The van der Waals surface area contributed by atoms with Crippen LogP contribution >= 0.6 is 0 Å². The number of nitrogens with one attached hydrogen (secondary N) is 1. The number of carbonyl (C=O) groups is 1. The average Bonchev–Trinajstić information content (AvgIpc) is 2.84. The number of hydrogen-bond acceptors (Lipinski definition) is 7. The van der Waals surface area contributed by atoms with Crippen molar-refractivity contribution in [2.75, 3.05) is 42.9 Å². The van der Waals surface area contributed by atoms with Crippen molar-refractivity contribution >= 4 is 17.5 Å². The number of aliphatic hydroxyl groups is 1. The van der Waals surface area contributed by atoms with E-state index in [0.717, 1.165) is 70.0 Å². The van der Waals surface area contributed by atoms with E-state index in [4.69, 9.17) is 0 Å². The van der Waals surface area contributed by atoms with E-state index in [0.29, 0.717) is 12.6 Å². The second kappa shape index (κ2) is 9.65. The summed E-state index contributed by atoms with van der Waals surface area (Å²) in [5.74, 6) is 1.81. The monoisotopic (exact) mass is 450 g/mol. The minimum absolute atomic E-state index is 0.147. The third-order valence-corrected chi connectivity index (χ3v) is 7.44. The number of carbonyl (C=O) groups excluding carboxylic acids is 1. The van der Waals surface area contributed by atoms with Crippen molar-refractivity contribution in [1.82, 2.24) is 19.8 Å². The highest BCUT2D eigenvalue weighted by atomic mass is 16.3. The number of amides is 1. The number of fused-ring (bicyclic) bond motifs is 1. The second-order valence-corrected chi connectivity index (χ2v) is 9.54. The molecule has 0 aliphatic carbocycles. The van der Waals surface area contributed by atoms with Crippen LogP contribution in [0, 0.1) is 0 Å². The highest BCUT2D eigenvalue weighted by Crippen LogP contribution is 2.27. The smallest absolute Gasteiger partial charge is 0.219 e. The lowest BCUT2D eigenvalue weighted by atomic mass is 9.94. The lowest BCUT2D eigenvalue weighted by Gasteiger charge is -2.43.